The van der Waals surface area contributed by atoms with Crippen LogP contribution in [0.1, 0.15) is 17.3 Å². The van der Waals surface area contributed by atoms with Crippen LogP contribution in [0.3, 0.4) is 0 Å². The van der Waals surface area contributed by atoms with E-state index in [1.807, 2.05) is 55.1 Å². The number of nitrogens with zero attached hydrogens (tertiary/aromatic N) is 1. The quantitative estimate of drug-likeness (QED) is 0.793. The SMILES string of the molecule is CCOc1cccc(-c2cn(C)c3cc(C(=O)O)ccc23)c1. The second kappa shape index (κ2) is 5.56. The number of aromatic carboxylic acids is 1. The average Bonchev–Trinajstić information content (AvgIpc) is 2.85. The van der Waals surface area contributed by atoms with Crippen molar-refractivity contribution in [3.8, 4) is 16.9 Å². The van der Waals surface area contributed by atoms with Gasteiger partial charge < -0.3 is 14.4 Å². The molecule has 3 rings (SSSR count). The summed E-state index contributed by atoms with van der Waals surface area (Å²) in [4.78, 5) is 11.1. The Morgan fingerprint density at radius 2 is 2.05 bits per heavy atom. The molecular weight excluding hydrogens is 278 g/mol. The molecule has 0 bridgehead atoms. The number of carbonyl (C=O) groups is 1. The van der Waals surface area contributed by atoms with Crippen LogP contribution in [0.5, 0.6) is 5.75 Å². The minimum Gasteiger partial charge on any atom is -0.494 e. The Bertz CT molecular complexity index is 849. The van der Waals surface area contributed by atoms with Crippen molar-refractivity contribution in [2.75, 3.05) is 6.61 Å². The highest BCUT2D eigenvalue weighted by molar-refractivity contribution is 6.00. The molecule has 4 heteroatoms. The van der Waals surface area contributed by atoms with Gasteiger partial charge in [-0.15, -0.1) is 0 Å². The highest BCUT2D eigenvalue weighted by Gasteiger charge is 2.12. The summed E-state index contributed by atoms with van der Waals surface area (Å²) >= 11 is 0. The van der Waals surface area contributed by atoms with Gasteiger partial charge in [-0.3, -0.25) is 0 Å². The van der Waals surface area contributed by atoms with E-state index in [1.165, 1.54) is 0 Å². The molecule has 0 amide bonds. The fraction of sp³-hybridized carbons (Fsp3) is 0.167. The summed E-state index contributed by atoms with van der Waals surface area (Å²) in [5.74, 6) is -0.0813. The van der Waals surface area contributed by atoms with E-state index in [0.717, 1.165) is 27.8 Å². The van der Waals surface area contributed by atoms with Gasteiger partial charge in [0.15, 0.2) is 0 Å². The number of fused-ring (bicyclic) bond motifs is 1. The van der Waals surface area contributed by atoms with Crippen LogP contribution in [0.15, 0.2) is 48.7 Å². The first-order valence-corrected chi connectivity index (χ1v) is 7.15. The zero-order chi connectivity index (χ0) is 15.7. The maximum Gasteiger partial charge on any atom is 0.335 e. The Hall–Kier alpha value is -2.75. The first kappa shape index (κ1) is 14.2. The zero-order valence-electron chi connectivity index (χ0n) is 12.5. The lowest BCUT2D eigenvalue weighted by Crippen LogP contribution is -1.96. The monoisotopic (exact) mass is 295 g/mol. The number of hydrogen-bond acceptors (Lipinski definition) is 2. The second-order valence-electron chi connectivity index (χ2n) is 5.15. The lowest BCUT2D eigenvalue weighted by Gasteiger charge is -2.05. The van der Waals surface area contributed by atoms with Crippen molar-refractivity contribution in [2.45, 2.75) is 6.92 Å². The van der Waals surface area contributed by atoms with E-state index in [4.69, 9.17) is 9.84 Å². The molecule has 0 aliphatic rings. The van der Waals surface area contributed by atoms with Crippen molar-refractivity contribution in [3.05, 3.63) is 54.2 Å². The fourth-order valence-corrected chi connectivity index (χ4v) is 2.67. The Balaban J connectivity index is 2.15. The average molecular weight is 295 g/mol. The predicted molar refractivity (Wildman–Crippen MR) is 86.5 cm³/mol. The lowest BCUT2D eigenvalue weighted by atomic mass is 10.0. The van der Waals surface area contributed by atoms with Gasteiger partial charge in [0, 0.05) is 29.7 Å². The van der Waals surface area contributed by atoms with Gasteiger partial charge >= 0.3 is 5.97 Å². The molecule has 2 aromatic carbocycles. The van der Waals surface area contributed by atoms with Gasteiger partial charge in [-0.1, -0.05) is 18.2 Å². The summed E-state index contributed by atoms with van der Waals surface area (Å²) in [5, 5.41) is 10.2. The summed E-state index contributed by atoms with van der Waals surface area (Å²) in [7, 11) is 1.92. The second-order valence-corrected chi connectivity index (χ2v) is 5.15. The minimum atomic E-state index is -0.914. The lowest BCUT2D eigenvalue weighted by molar-refractivity contribution is 0.0697. The number of hydrogen-bond donors (Lipinski definition) is 1. The van der Waals surface area contributed by atoms with E-state index in [-0.39, 0.29) is 0 Å². The number of aromatic nitrogens is 1. The molecule has 0 saturated heterocycles. The Labute approximate surface area is 128 Å². The van der Waals surface area contributed by atoms with Crippen LogP contribution in [-0.2, 0) is 7.05 Å². The summed E-state index contributed by atoms with van der Waals surface area (Å²) < 4.78 is 7.50. The predicted octanol–water partition coefficient (Wildman–Crippen LogP) is 3.94. The number of aryl methyl sites for hydroxylation is 1. The minimum absolute atomic E-state index is 0.295. The summed E-state index contributed by atoms with van der Waals surface area (Å²) in [6.45, 7) is 2.58. The number of carboxylic acids is 1. The van der Waals surface area contributed by atoms with Crippen molar-refractivity contribution in [3.63, 3.8) is 0 Å². The molecule has 1 aromatic heterocycles. The summed E-state index contributed by atoms with van der Waals surface area (Å²) in [5.41, 5.74) is 3.32. The van der Waals surface area contributed by atoms with Gasteiger partial charge in [0.1, 0.15) is 5.75 Å². The van der Waals surface area contributed by atoms with Crippen molar-refractivity contribution in [1.82, 2.24) is 4.57 Å². The van der Waals surface area contributed by atoms with Crippen LogP contribution in [0.2, 0.25) is 0 Å². The standard InChI is InChI=1S/C18H17NO3/c1-3-22-14-6-4-5-12(9-14)16-11-19(2)17-10-13(18(20)21)7-8-15(16)17/h4-11H,3H2,1-2H3,(H,20,21). The van der Waals surface area contributed by atoms with Crippen LogP contribution in [0.25, 0.3) is 22.0 Å². The topological polar surface area (TPSA) is 51.5 Å². The summed E-state index contributed by atoms with van der Waals surface area (Å²) in [6, 6.07) is 13.1. The molecule has 0 unspecified atom stereocenters. The molecule has 0 fully saturated rings. The van der Waals surface area contributed by atoms with Gasteiger partial charge in [0.25, 0.3) is 0 Å². The van der Waals surface area contributed by atoms with Crippen LogP contribution >= 0.6 is 0 Å². The third kappa shape index (κ3) is 2.44. The van der Waals surface area contributed by atoms with Gasteiger partial charge in [0.05, 0.1) is 12.2 Å². The van der Waals surface area contributed by atoms with Gasteiger partial charge in [0.2, 0.25) is 0 Å². The molecule has 0 spiro atoms. The van der Waals surface area contributed by atoms with Crippen molar-refractivity contribution < 1.29 is 14.6 Å². The van der Waals surface area contributed by atoms with Crippen molar-refractivity contribution >= 4 is 16.9 Å². The smallest absolute Gasteiger partial charge is 0.335 e. The van der Waals surface area contributed by atoms with Crippen LogP contribution in [-0.4, -0.2) is 22.2 Å². The third-order valence-electron chi connectivity index (χ3n) is 3.69. The van der Waals surface area contributed by atoms with Crippen molar-refractivity contribution in [1.29, 1.82) is 0 Å². The summed E-state index contributed by atoms with van der Waals surface area (Å²) in [6.07, 6.45) is 2.02. The molecule has 22 heavy (non-hydrogen) atoms. The van der Waals surface area contributed by atoms with Gasteiger partial charge in [-0.2, -0.15) is 0 Å². The highest BCUT2D eigenvalue weighted by atomic mass is 16.5. The van der Waals surface area contributed by atoms with Gasteiger partial charge in [-0.05, 0) is 36.8 Å². The number of carboxylic acid groups (broad SMARTS) is 1. The molecule has 4 nitrogen and oxygen atoms in total. The van der Waals surface area contributed by atoms with Crippen LogP contribution in [0, 0.1) is 0 Å². The molecule has 3 aromatic rings. The van der Waals surface area contributed by atoms with Crippen LogP contribution < -0.4 is 4.74 Å². The van der Waals surface area contributed by atoms with E-state index in [2.05, 4.69) is 0 Å². The number of benzene rings is 2. The fourth-order valence-electron chi connectivity index (χ4n) is 2.67. The van der Waals surface area contributed by atoms with Gasteiger partial charge in [-0.25, -0.2) is 4.79 Å². The van der Waals surface area contributed by atoms with E-state index in [9.17, 15) is 4.79 Å². The Kier molecular flexibility index (Phi) is 3.59. The highest BCUT2D eigenvalue weighted by Crippen LogP contribution is 2.32. The zero-order valence-corrected chi connectivity index (χ0v) is 12.5. The van der Waals surface area contributed by atoms with E-state index >= 15 is 0 Å². The largest absolute Gasteiger partial charge is 0.494 e. The molecule has 0 aliphatic heterocycles. The molecule has 112 valence electrons. The van der Waals surface area contributed by atoms with E-state index in [1.54, 1.807) is 12.1 Å². The molecule has 1 N–H and O–H groups in total. The van der Waals surface area contributed by atoms with E-state index < -0.39 is 5.97 Å². The normalized spacial score (nSPS) is 10.8. The number of rotatable bonds is 4. The van der Waals surface area contributed by atoms with Crippen molar-refractivity contribution in [2.24, 2.45) is 7.05 Å². The molecular formula is C18H17NO3. The van der Waals surface area contributed by atoms with E-state index in [0.29, 0.717) is 12.2 Å². The molecule has 0 radical (unpaired) electrons. The molecule has 0 aliphatic carbocycles. The maximum absolute atomic E-state index is 11.1. The Morgan fingerprint density at radius 3 is 2.77 bits per heavy atom. The Morgan fingerprint density at radius 1 is 1.23 bits per heavy atom. The molecule has 0 saturated carbocycles. The first-order valence-electron chi connectivity index (χ1n) is 7.15. The molecule has 1 heterocycles. The third-order valence-corrected chi connectivity index (χ3v) is 3.69. The number of ether oxygens (including phenoxy) is 1. The molecule has 0 atom stereocenters. The van der Waals surface area contributed by atoms with Crippen LogP contribution in [0.4, 0.5) is 0 Å². The maximum atomic E-state index is 11.1. The first-order chi connectivity index (χ1) is 10.6.